The molecule has 0 saturated carbocycles. The van der Waals surface area contributed by atoms with E-state index >= 15 is 0 Å². The third-order valence-corrected chi connectivity index (χ3v) is 3.33. The number of aromatic nitrogens is 1. The van der Waals surface area contributed by atoms with Gasteiger partial charge in [-0.1, -0.05) is 36.4 Å². The summed E-state index contributed by atoms with van der Waals surface area (Å²) >= 11 is 3.55. The first-order chi connectivity index (χ1) is 7.84. The summed E-state index contributed by atoms with van der Waals surface area (Å²) < 4.78 is 3.22. The Labute approximate surface area is 102 Å². The van der Waals surface area contributed by atoms with Gasteiger partial charge in [0.2, 0.25) is 0 Å². The van der Waals surface area contributed by atoms with Crippen LogP contribution in [0.3, 0.4) is 0 Å². The zero-order chi connectivity index (χ0) is 11.0. The molecule has 0 radical (unpaired) electrons. The van der Waals surface area contributed by atoms with Crippen molar-refractivity contribution in [3.8, 4) is 11.1 Å². The summed E-state index contributed by atoms with van der Waals surface area (Å²) in [6.45, 7) is 0. The number of hydrogen-bond donors (Lipinski definition) is 0. The van der Waals surface area contributed by atoms with Crippen LogP contribution in [0.2, 0.25) is 0 Å². The maximum Gasteiger partial charge on any atom is 0.0891 e. The molecule has 1 aromatic carbocycles. The van der Waals surface area contributed by atoms with E-state index in [2.05, 4.69) is 62.9 Å². The smallest absolute Gasteiger partial charge is 0.0891 e. The summed E-state index contributed by atoms with van der Waals surface area (Å²) in [5.74, 6) is 0. The molecule has 0 unspecified atom stereocenters. The largest absolute Gasteiger partial charge is 0.311 e. The van der Waals surface area contributed by atoms with Crippen molar-refractivity contribution in [2.45, 2.75) is 0 Å². The lowest BCUT2D eigenvalue weighted by atomic mass is 10.1. The first-order valence-electron chi connectivity index (χ1n) is 5.17. The first kappa shape index (κ1) is 9.67. The van der Waals surface area contributed by atoms with Gasteiger partial charge < -0.3 is 4.40 Å². The Morgan fingerprint density at radius 2 is 1.62 bits per heavy atom. The molecular weight excluding hydrogens is 262 g/mol. The van der Waals surface area contributed by atoms with E-state index in [0.29, 0.717) is 0 Å². The fourth-order valence-electron chi connectivity index (χ4n) is 1.89. The molecule has 2 heterocycles. The van der Waals surface area contributed by atoms with Gasteiger partial charge in [-0.05, 0) is 39.7 Å². The maximum absolute atomic E-state index is 3.55. The SMILES string of the molecule is Brc1cccc2cc(-c3ccccc3)cn12. The molecule has 1 nitrogen and oxygen atoms in total. The molecule has 0 atom stereocenters. The number of pyridine rings is 1. The van der Waals surface area contributed by atoms with Crippen LogP contribution in [-0.2, 0) is 0 Å². The minimum atomic E-state index is 1.08. The van der Waals surface area contributed by atoms with Crippen LogP contribution in [0, 0.1) is 0 Å². The highest BCUT2D eigenvalue weighted by molar-refractivity contribution is 9.10. The van der Waals surface area contributed by atoms with Crippen molar-refractivity contribution in [1.82, 2.24) is 4.40 Å². The van der Waals surface area contributed by atoms with Crippen molar-refractivity contribution in [3.63, 3.8) is 0 Å². The second-order valence-electron chi connectivity index (χ2n) is 3.74. The van der Waals surface area contributed by atoms with Gasteiger partial charge in [-0.25, -0.2) is 0 Å². The third kappa shape index (κ3) is 1.55. The van der Waals surface area contributed by atoms with Crippen molar-refractivity contribution in [3.05, 3.63) is 65.4 Å². The molecule has 0 amide bonds. The maximum atomic E-state index is 3.55. The average Bonchev–Trinajstić information content (AvgIpc) is 2.76. The van der Waals surface area contributed by atoms with Crippen molar-refractivity contribution in [1.29, 1.82) is 0 Å². The van der Waals surface area contributed by atoms with Gasteiger partial charge in [0.05, 0.1) is 4.60 Å². The number of nitrogens with zero attached hydrogens (tertiary/aromatic N) is 1. The van der Waals surface area contributed by atoms with Crippen LogP contribution in [0.15, 0.2) is 65.4 Å². The zero-order valence-corrected chi connectivity index (χ0v) is 10.2. The lowest BCUT2D eigenvalue weighted by Crippen LogP contribution is -1.81. The first-order valence-corrected chi connectivity index (χ1v) is 5.96. The predicted octanol–water partition coefficient (Wildman–Crippen LogP) is 4.37. The van der Waals surface area contributed by atoms with E-state index in [1.807, 2.05) is 18.2 Å². The van der Waals surface area contributed by atoms with E-state index in [1.165, 1.54) is 16.6 Å². The minimum absolute atomic E-state index is 1.08. The van der Waals surface area contributed by atoms with Crippen molar-refractivity contribution in [2.24, 2.45) is 0 Å². The van der Waals surface area contributed by atoms with E-state index in [9.17, 15) is 0 Å². The van der Waals surface area contributed by atoms with Crippen LogP contribution < -0.4 is 0 Å². The predicted molar refractivity (Wildman–Crippen MR) is 70.5 cm³/mol. The van der Waals surface area contributed by atoms with Gasteiger partial charge in [0.25, 0.3) is 0 Å². The van der Waals surface area contributed by atoms with Crippen LogP contribution >= 0.6 is 15.9 Å². The summed E-state index contributed by atoms with van der Waals surface area (Å²) in [4.78, 5) is 0. The second kappa shape index (κ2) is 3.80. The van der Waals surface area contributed by atoms with E-state index in [0.717, 1.165) is 4.60 Å². The summed E-state index contributed by atoms with van der Waals surface area (Å²) in [6, 6.07) is 18.8. The summed E-state index contributed by atoms with van der Waals surface area (Å²) in [6.07, 6.45) is 2.15. The standard InChI is InChI=1S/C14H10BrN/c15-14-8-4-7-13-9-12(10-16(13)14)11-5-2-1-3-6-11/h1-10H. The van der Waals surface area contributed by atoms with E-state index in [4.69, 9.17) is 0 Å². The van der Waals surface area contributed by atoms with E-state index in [1.54, 1.807) is 0 Å². The number of benzene rings is 1. The molecule has 0 aliphatic carbocycles. The molecule has 2 heteroatoms. The second-order valence-corrected chi connectivity index (χ2v) is 4.55. The highest BCUT2D eigenvalue weighted by Crippen LogP contribution is 2.24. The number of rotatable bonds is 1. The molecule has 0 bridgehead atoms. The Morgan fingerprint density at radius 1 is 0.812 bits per heavy atom. The van der Waals surface area contributed by atoms with Gasteiger partial charge in [0.1, 0.15) is 0 Å². The lowest BCUT2D eigenvalue weighted by Gasteiger charge is -1.96. The van der Waals surface area contributed by atoms with Gasteiger partial charge in [-0.15, -0.1) is 0 Å². The average molecular weight is 272 g/mol. The number of halogens is 1. The van der Waals surface area contributed by atoms with Crippen molar-refractivity contribution < 1.29 is 0 Å². The highest BCUT2D eigenvalue weighted by Gasteiger charge is 2.02. The van der Waals surface area contributed by atoms with Crippen LogP contribution in [0.1, 0.15) is 0 Å². The Kier molecular flexibility index (Phi) is 2.29. The van der Waals surface area contributed by atoms with Crippen molar-refractivity contribution in [2.75, 3.05) is 0 Å². The molecule has 0 aliphatic heterocycles. The minimum Gasteiger partial charge on any atom is -0.311 e. The molecular formula is C14H10BrN. The summed E-state index contributed by atoms with van der Waals surface area (Å²) in [5, 5.41) is 0. The van der Waals surface area contributed by atoms with Gasteiger partial charge in [-0.3, -0.25) is 0 Å². The quantitative estimate of drug-likeness (QED) is 0.579. The summed E-state index contributed by atoms with van der Waals surface area (Å²) in [7, 11) is 0. The third-order valence-electron chi connectivity index (χ3n) is 2.69. The number of fused-ring (bicyclic) bond motifs is 1. The lowest BCUT2D eigenvalue weighted by molar-refractivity contribution is 1.16. The molecule has 0 saturated heterocycles. The number of hydrogen-bond acceptors (Lipinski definition) is 0. The van der Waals surface area contributed by atoms with Gasteiger partial charge >= 0.3 is 0 Å². The van der Waals surface area contributed by atoms with E-state index in [-0.39, 0.29) is 0 Å². The van der Waals surface area contributed by atoms with E-state index < -0.39 is 0 Å². The molecule has 3 aromatic rings. The Balaban J connectivity index is 2.23. The molecule has 0 fully saturated rings. The normalized spacial score (nSPS) is 10.8. The molecule has 0 N–H and O–H groups in total. The molecule has 0 spiro atoms. The van der Waals surface area contributed by atoms with Crippen LogP contribution in [-0.4, -0.2) is 4.40 Å². The molecule has 0 aliphatic rings. The Morgan fingerprint density at radius 3 is 2.38 bits per heavy atom. The monoisotopic (exact) mass is 271 g/mol. The van der Waals surface area contributed by atoms with Crippen molar-refractivity contribution >= 4 is 21.4 Å². The zero-order valence-electron chi connectivity index (χ0n) is 8.60. The topological polar surface area (TPSA) is 4.41 Å². The molecule has 78 valence electrons. The van der Waals surface area contributed by atoms with Gasteiger partial charge in [0, 0.05) is 17.3 Å². The molecule has 2 aromatic heterocycles. The van der Waals surface area contributed by atoms with Crippen LogP contribution in [0.25, 0.3) is 16.6 Å². The fraction of sp³-hybridized carbons (Fsp3) is 0. The highest BCUT2D eigenvalue weighted by atomic mass is 79.9. The molecule has 16 heavy (non-hydrogen) atoms. The summed E-state index contributed by atoms with van der Waals surface area (Å²) in [5.41, 5.74) is 3.69. The van der Waals surface area contributed by atoms with Crippen LogP contribution in [0.4, 0.5) is 0 Å². The fourth-order valence-corrected chi connectivity index (χ4v) is 2.35. The Hall–Kier alpha value is -1.54. The van der Waals surface area contributed by atoms with Crippen LogP contribution in [0.5, 0.6) is 0 Å². The van der Waals surface area contributed by atoms with Gasteiger partial charge in [0.15, 0.2) is 0 Å². The van der Waals surface area contributed by atoms with Gasteiger partial charge in [-0.2, -0.15) is 0 Å². The Bertz CT molecular complexity index is 626. The molecule has 3 rings (SSSR count).